The van der Waals surface area contributed by atoms with Crippen LogP contribution in [-0.2, 0) is 11.3 Å². The molecule has 0 aliphatic carbocycles. The first-order chi connectivity index (χ1) is 14.1. The fourth-order valence-corrected chi connectivity index (χ4v) is 3.24. The second-order valence-corrected chi connectivity index (χ2v) is 7.00. The molecule has 0 aromatic heterocycles. The molecule has 0 spiro atoms. The second-order valence-electron chi connectivity index (χ2n) is 7.00. The zero-order chi connectivity index (χ0) is 20.5. The van der Waals surface area contributed by atoms with Crippen LogP contribution in [0, 0.1) is 11.7 Å². The zero-order valence-electron chi connectivity index (χ0n) is 16.3. The van der Waals surface area contributed by atoms with Crippen LogP contribution in [0.2, 0.25) is 0 Å². The van der Waals surface area contributed by atoms with Crippen LogP contribution >= 0.6 is 0 Å². The molecule has 154 valence electrons. The van der Waals surface area contributed by atoms with Gasteiger partial charge in [0.15, 0.2) is 0 Å². The van der Waals surface area contributed by atoms with E-state index in [2.05, 4.69) is 10.6 Å². The lowest BCUT2D eigenvalue weighted by Gasteiger charge is -2.31. The Balaban J connectivity index is 1.31. The Morgan fingerprint density at radius 3 is 2.38 bits per heavy atom. The molecule has 2 aromatic rings. The lowest BCUT2D eigenvalue weighted by Crippen LogP contribution is -2.47. The van der Waals surface area contributed by atoms with Crippen molar-refractivity contribution >= 4 is 11.9 Å². The van der Waals surface area contributed by atoms with Crippen LogP contribution < -0.4 is 15.4 Å². The Morgan fingerprint density at radius 1 is 1.00 bits per heavy atom. The van der Waals surface area contributed by atoms with Crippen molar-refractivity contribution in [2.45, 2.75) is 19.4 Å². The van der Waals surface area contributed by atoms with Crippen LogP contribution in [0.15, 0.2) is 54.6 Å². The van der Waals surface area contributed by atoms with Gasteiger partial charge in [0.2, 0.25) is 5.91 Å². The highest BCUT2D eigenvalue weighted by molar-refractivity contribution is 5.79. The summed E-state index contributed by atoms with van der Waals surface area (Å²) in [5.74, 6) is 0.219. The van der Waals surface area contributed by atoms with Crippen LogP contribution in [0.5, 0.6) is 5.75 Å². The van der Waals surface area contributed by atoms with Crippen molar-refractivity contribution in [2.24, 2.45) is 5.92 Å². The standard InChI is InChI=1S/C22H26FN3O3/c23-19-6-8-20(9-7-19)29-15-12-24-22(28)26-13-10-18(11-14-26)21(27)25-16-17-4-2-1-3-5-17/h1-9,18H,10-16H2,(H,24,28)(H,25,27). The third-order valence-corrected chi connectivity index (χ3v) is 4.92. The first kappa shape index (κ1) is 20.6. The van der Waals surface area contributed by atoms with Crippen molar-refractivity contribution in [3.8, 4) is 5.75 Å². The van der Waals surface area contributed by atoms with Gasteiger partial charge in [-0.05, 0) is 42.7 Å². The molecular formula is C22H26FN3O3. The minimum absolute atomic E-state index is 0.0432. The average Bonchev–Trinajstić information content (AvgIpc) is 2.77. The van der Waals surface area contributed by atoms with Gasteiger partial charge in [0, 0.05) is 25.6 Å². The predicted octanol–water partition coefficient (Wildman–Crippen LogP) is 2.94. The summed E-state index contributed by atoms with van der Waals surface area (Å²) in [6.07, 6.45) is 1.31. The predicted molar refractivity (Wildman–Crippen MR) is 108 cm³/mol. The highest BCUT2D eigenvalue weighted by Gasteiger charge is 2.27. The number of halogens is 1. The van der Waals surface area contributed by atoms with Gasteiger partial charge in [-0.2, -0.15) is 0 Å². The number of piperidine rings is 1. The SMILES string of the molecule is O=C(NCc1ccccc1)C1CCN(C(=O)NCCOc2ccc(F)cc2)CC1. The quantitative estimate of drug-likeness (QED) is 0.704. The number of urea groups is 1. The van der Waals surface area contributed by atoms with Crippen molar-refractivity contribution in [2.75, 3.05) is 26.2 Å². The van der Waals surface area contributed by atoms with Crippen molar-refractivity contribution in [1.82, 2.24) is 15.5 Å². The first-order valence-electron chi connectivity index (χ1n) is 9.84. The maximum atomic E-state index is 12.8. The van der Waals surface area contributed by atoms with Gasteiger partial charge in [0.05, 0.1) is 6.54 Å². The van der Waals surface area contributed by atoms with E-state index in [1.807, 2.05) is 30.3 Å². The van der Waals surface area contributed by atoms with Gasteiger partial charge in [-0.1, -0.05) is 30.3 Å². The van der Waals surface area contributed by atoms with Gasteiger partial charge in [-0.25, -0.2) is 9.18 Å². The zero-order valence-corrected chi connectivity index (χ0v) is 16.3. The fraction of sp³-hybridized carbons (Fsp3) is 0.364. The molecule has 2 N–H and O–H groups in total. The third kappa shape index (κ3) is 6.48. The molecule has 29 heavy (non-hydrogen) atoms. The van der Waals surface area contributed by atoms with Gasteiger partial charge in [0.25, 0.3) is 0 Å². The summed E-state index contributed by atoms with van der Waals surface area (Å²) < 4.78 is 18.3. The number of likely N-dealkylation sites (tertiary alicyclic amines) is 1. The summed E-state index contributed by atoms with van der Waals surface area (Å²) in [5.41, 5.74) is 1.07. The molecule has 3 amide bonds. The van der Waals surface area contributed by atoms with E-state index in [0.717, 1.165) is 5.56 Å². The highest BCUT2D eigenvalue weighted by Crippen LogP contribution is 2.17. The molecular weight excluding hydrogens is 373 g/mol. The normalized spacial score (nSPS) is 14.3. The van der Waals surface area contributed by atoms with E-state index >= 15 is 0 Å². The number of nitrogens with zero attached hydrogens (tertiary/aromatic N) is 1. The molecule has 2 aromatic carbocycles. The molecule has 0 unspecified atom stereocenters. The summed E-state index contributed by atoms with van der Waals surface area (Å²) in [4.78, 5) is 26.3. The molecule has 7 heteroatoms. The Hall–Kier alpha value is -3.09. The van der Waals surface area contributed by atoms with Crippen molar-refractivity contribution in [3.63, 3.8) is 0 Å². The van der Waals surface area contributed by atoms with Crippen LogP contribution in [0.4, 0.5) is 9.18 Å². The number of hydrogen-bond acceptors (Lipinski definition) is 3. The number of ether oxygens (including phenoxy) is 1. The maximum absolute atomic E-state index is 12.8. The highest BCUT2D eigenvalue weighted by atomic mass is 19.1. The molecule has 1 saturated heterocycles. The Labute approximate surface area is 170 Å². The molecule has 1 heterocycles. The van der Waals surface area contributed by atoms with E-state index in [0.29, 0.717) is 51.4 Å². The number of carbonyl (C=O) groups excluding carboxylic acids is 2. The summed E-state index contributed by atoms with van der Waals surface area (Å²) in [6.45, 7) is 2.28. The van der Waals surface area contributed by atoms with Gasteiger partial charge in [0.1, 0.15) is 18.2 Å². The Kier molecular flexibility index (Phi) is 7.44. The van der Waals surface area contributed by atoms with Gasteiger partial charge >= 0.3 is 6.03 Å². The summed E-state index contributed by atoms with van der Waals surface area (Å²) in [5, 5.41) is 5.79. The smallest absolute Gasteiger partial charge is 0.317 e. The molecule has 3 rings (SSSR count). The maximum Gasteiger partial charge on any atom is 0.317 e. The molecule has 1 aliphatic heterocycles. The molecule has 0 radical (unpaired) electrons. The lowest BCUT2D eigenvalue weighted by molar-refractivity contribution is -0.126. The minimum Gasteiger partial charge on any atom is -0.492 e. The van der Waals surface area contributed by atoms with E-state index in [-0.39, 0.29) is 23.7 Å². The number of rotatable bonds is 7. The molecule has 1 fully saturated rings. The van der Waals surface area contributed by atoms with Crippen molar-refractivity contribution in [3.05, 3.63) is 66.0 Å². The Morgan fingerprint density at radius 2 is 1.69 bits per heavy atom. The third-order valence-electron chi connectivity index (χ3n) is 4.92. The molecule has 0 bridgehead atoms. The molecule has 1 aliphatic rings. The summed E-state index contributed by atoms with van der Waals surface area (Å²) in [6, 6.07) is 15.4. The van der Waals surface area contributed by atoms with Crippen LogP contribution in [-0.4, -0.2) is 43.1 Å². The topological polar surface area (TPSA) is 70.7 Å². The minimum atomic E-state index is -0.317. The van der Waals surface area contributed by atoms with Gasteiger partial charge in [-0.15, -0.1) is 0 Å². The number of benzene rings is 2. The number of amides is 3. The largest absolute Gasteiger partial charge is 0.492 e. The summed E-state index contributed by atoms with van der Waals surface area (Å²) in [7, 11) is 0. The molecule has 0 atom stereocenters. The second kappa shape index (κ2) is 10.5. The molecule has 0 saturated carbocycles. The van der Waals surface area contributed by atoms with E-state index in [1.165, 1.54) is 12.1 Å². The monoisotopic (exact) mass is 399 g/mol. The fourth-order valence-electron chi connectivity index (χ4n) is 3.24. The number of nitrogens with one attached hydrogen (secondary N) is 2. The number of hydrogen-bond donors (Lipinski definition) is 2. The van der Waals surface area contributed by atoms with Crippen molar-refractivity contribution < 1.29 is 18.7 Å². The Bertz CT molecular complexity index is 791. The van der Waals surface area contributed by atoms with E-state index < -0.39 is 0 Å². The molecule has 6 nitrogen and oxygen atoms in total. The van der Waals surface area contributed by atoms with Crippen molar-refractivity contribution in [1.29, 1.82) is 0 Å². The number of carbonyl (C=O) groups is 2. The van der Waals surface area contributed by atoms with Crippen LogP contribution in [0.3, 0.4) is 0 Å². The van der Waals surface area contributed by atoms with E-state index in [1.54, 1.807) is 17.0 Å². The lowest BCUT2D eigenvalue weighted by atomic mass is 9.96. The van der Waals surface area contributed by atoms with Gasteiger partial charge < -0.3 is 20.3 Å². The summed E-state index contributed by atoms with van der Waals surface area (Å²) >= 11 is 0. The van der Waals surface area contributed by atoms with Crippen LogP contribution in [0.1, 0.15) is 18.4 Å². The van der Waals surface area contributed by atoms with Gasteiger partial charge in [-0.3, -0.25) is 4.79 Å². The first-order valence-corrected chi connectivity index (χ1v) is 9.84. The van der Waals surface area contributed by atoms with E-state index in [4.69, 9.17) is 4.74 Å². The van der Waals surface area contributed by atoms with E-state index in [9.17, 15) is 14.0 Å². The van der Waals surface area contributed by atoms with Crippen LogP contribution in [0.25, 0.3) is 0 Å². The average molecular weight is 399 g/mol.